The van der Waals surface area contributed by atoms with Gasteiger partial charge in [0.25, 0.3) is 0 Å². The van der Waals surface area contributed by atoms with Crippen LogP contribution in [0.1, 0.15) is 39.2 Å². The van der Waals surface area contributed by atoms with Gasteiger partial charge in [-0.2, -0.15) is 5.26 Å². The Bertz CT molecular complexity index is 1650. The number of hydrogen-bond acceptors (Lipinski definition) is 7. The van der Waals surface area contributed by atoms with Crippen molar-refractivity contribution < 1.29 is 23.0 Å². The lowest BCUT2D eigenvalue weighted by Crippen LogP contribution is -2.46. The van der Waals surface area contributed by atoms with Gasteiger partial charge in [-0.1, -0.05) is 12.1 Å². The maximum absolute atomic E-state index is 14.8. The Morgan fingerprint density at radius 1 is 1.12 bits per heavy atom. The highest BCUT2D eigenvalue weighted by Crippen LogP contribution is 2.41. The molecule has 1 aliphatic rings. The second-order valence-corrected chi connectivity index (χ2v) is 10.8. The van der Waals surface area contributed by atoms with Gasteiger partial charge in [-0.05, 0) is 63.4 Å². The van der Waals surface area contributed by atoms with Gasteiger partial charge in [0.05, 0.1) is 24.7 Å². The summed E-state index contributed by atoms with van der Waals surface area (Å²) in [6, 6.07) is 10.6. The molecule has 2 aromatic heterocycles. The molecule has 1 fully saturated rings. The average molecular weight is 561 g/mol. The van der Waals surface area contributed by atoms with E-state index in [9.17, 15) is 18.8 Å². The van der Waals surface area contributed by atoms with Crippen LogP contribution in [0.4, 0.5) is 19.4 Å². The van der Waals surface area contributed by atoms with Gasteiger partial charge in [0.1, 0.15) is 28.5 Å². The highest BCUT2D eigenvalue weighted by Gasteiger charge is 2.28. The molecule has 1 aliphatic heterocycles. The largest absolute Gasteiger partial charge is 0.494 e. The van der Waals surface area contributed by atoms with Crippen LogP contribution in [-0.4, -0.2) is 52.9 Å². The lowest BCUT2D eigenvalue weighted by Gasteiger charge is -2.34. The summed E-state index contributed by atoms with van der Waals surface area (Å²) >= 11 is 0. The lowest BCUT2D eigenvalue weighted by molar-refractivity contribution is 0.0497. The Balaban J connectivity index is 1.56. The molecule has 0 bridgehead atoms. The van der Waals surface area contributed by atoms with Crippen molar-refractivity contribution in [3.05, 3.63) is 59.9 Å². The minimum atomic E-state index is -0.684. The molecule has 41 heavy (non-hydrogen) atoms. The number of halogens is 2. The number of nitrogens with zero attached hydrogens (tertiary/aromatic N) is 4. The first kappa shape index (κ1) is 27.8. The third kappa shape index (κ3) is 5.77. The summed E-state index contributed by atoms with van der Waals surface area (Å²) in [6.45, 7) is 6.62. The van der Waals surface area contributed by atoms with Crippen molar-refractivity contribution in [3.8, 4) is 34.2 Å². The maximum atomic E-state index is 14.8. The fourth-order valence-corrected chi connectivity index (χ4v) is 4.98. The van der Waals surface area contributed by atoms with Gasteiger partial charge in [0.2, 0.25) is 0 Å². The summed E-state index contributed by atoms with van der Waals surface area (Å²) in [4.78, 5) is 27.1. The number of H-pyrrole nitrogens is 1. The van der Waals surface area contributed by atoms with Crippen molar-refractivity contribution >= 4 is 22.9 Å². The number of fused-ring (bicyclic) bond motifs is 1. The number of carbonyl (C=O) groups excluding carboxylic acids is 1. The first-order valence-electron chi connectivity index (χ1n) is 13.2. The zero-order chi connectivity index (χ0) is 29.3. The topological polar surface area (TPSA) is 116 Å². The fourth-order valence-electron chi connectivity index (χ4n) is 4.98. The molecule has 3 heterocycles. The molecule has 4 aromatic rings. The molecule has 0 spiro atoms. The minimum Gasteiger partial charge on any atom is -0.494 e. The van der Waals surface area contributed by atoms with E-state index in [4.69, 9.17) is 14.5 Å². The van der Waals surface area contributed by atoms with Gasteiger partial charge in [-0.3, -0.25) is 0 Å². The number of piperidine rings is 1. The predicted octanol–water partition coefficient (Wildman–Crippen LogP) is 5.94. The normalized spacial score (nSPS) is 14.1. The number of aromatic amines is 1. The maximum Gasteiger partial charge on any atom is 0.407 e. The van der Waals surface area contributed by atoms with E-state index in [1.165, 1.54) is 31.4 Å². The van der Waals surface area contributed by atoms with Crippen LogP contribution in [-0.2, 0) is 4.74 Å². The number of amides is 1. The van der Waals surface area contributed by atoms with Crippen LogP contribution in [0.25, 0.3) is 33.4 Å². The third-order valence-electron chi connectivity index (χ3n) is 6.87. The number of carbonyl (C=O) groups is 1. The SMILES string of the molecule is COc1ccc(-c2c(-c3ccc(C#N)c(F)c3)nc(N3CCC(NC(=O)OC(C)(C)C)CC3)c3[nH]cnc23)cc1F. The van der Waals surface area contributed by atoms with Crippen LogP contribution < -0.4 is 15.0 Å². The molecule has 212 valence electrons. The van der Waals surface area contributed by atoms with Crippen molar-refractivity contribution in [2.24, 2.45) is 0 Å². The Hall–Kier alpha value is -4.72. The van der Waals surface area contributed by atoms with Crippen LogP contribution in [0.5, 0.6) is 5.75 Å². The number of benzene rings is 2. The van der Waals surface area contributed by atoms with Gasteiger partial charge in [-0.25, -0.2) is 23.5 Å². The number of aromatic nitrogens is 3. The summed E-state index contributed by atoms with van der Waals surface area (Å²) in [5, 5.41) is 12.2. The molecule has 0 saturated carbocycles. The highest BCUT2D eigenvalue weighted by atomic mass is 19.1. The van der Waals surface area contributed by atoms with Crippen LogP contribution in [0, 0.1) is 23.0 Å². The number of alkyl carbamates (subject to hydrolysis) is 1. The van der Waals surface area contributed by atoms with E-state index in [-0.39, 0.29) is 17.4 Å². The molecule has 2 N–H and O–H groups in total. The minimum absolute atomic E-state index is 0.0630. The zero-order valence-electron chi connectivity index (χ0n) is 23.2. The molecular weight excluding hydrogens is 530 g/mol. The number of methoxy groups -OCH3 is 1. The van der Waals surface area contributed by atoms with Crippen molar-refractivity contribution in [2.75, 3.05) is 25.1 Å². The van der Waals surface area contributed by atoms with E-state index in [2.05, 4.69) is 20.2 Å². The Morgan fingerprint density at radius 2 is 1.83 bits per heavy atom. The number of pyridine rings is 1. The van der Waals surface area contributed by atoms with Gasteiger partial charge in [0.15, 0.2) is 17.4 Å². The number of rotatable bonds is 5. The first-order chi connectivity index (χ1) is 19.6. The second-order valence-electron chi connectivity index (χ2n) is 10.8. The number of nitriles is 1. The number of hydrogen-bond donors (Lipinski definition) is 2. The van der Waals surface area contributed by atoms with E-state index in [1.807, 2.05) is 26.8 Å². The smallest absolute Gasteiger partial charge is 0.407 e. The Labute approximate surface area is 236 Å². The summed E-state index contributed by atoms with van der Waals surface area (Å²) in [5.74, 6) is -0.554. The fraction of sp³-hybridized carbons (Fsp3) is 0.333. The van der Waals surface area contributed by atoms with E-state index in [0.29, 0.717) is 65.2 Å². The highest BCUT2D eigenvalue weighted by molar-refractivity contribution is 6.03. The van der Waals surface area contributed by atoms with Gasteiger partial charge in [-0.15, -0.1) is 0 Å². The summed E-state index contributed by atoms with van der Waals surface area (Å²) in [7, 11) is 1.39. The van der Waals surface area contributed by atoms with E-state index in [1.54, 1.807) is 18.5 Å². The van der Waals surface area contributed by atoms with Crippen molar-refractivity contribution in [2.45, 2.75) is 45.3 Å². The average Bonchev–Trinajstić information content (AvgIpc) is 3.41. The zero-order valence-corrected chi connectivity index (χ0v) is 23.2. The molecule has 11 heteroatoms. The lowest BCUT2D eigenvalue weighted by atomic mass is 9.96. The van der Waals surface area contributed by atoms with Gasteiger partial charge in [0, 0.05) is 30.3 Å². The summed E-state index contributed by atoms with van der Waals surface area (Å²) < 4.78 is 40.1. The van der Waals surface area contributed by atoms with Crippen molar-refractivity contribution in [3.63, 3.8) is 0 Å². The van der Waals surface area contributed by atoms with Crippen molar-refractivity contribution in [1.82, 2.24) is 20.3 Å². The van der Waals surface area contributed by atoms with Crippen molar-refractivity contribution in [1.29, 1.82) is 5.26 Å². The molecule has 0 atom stereocenters. The van der Waals surface area contributed by atoms with Crippen LogP contribution >= 0.6 is 0 Å². The van der Waals surface area contributed by atoms with Gasteiger partial charge < -0.3 is 24.7 Å². The number of anilines is 1. The van der Waals surface area contributed by atoms with E-state index in [0.717, 1.165) is 0 Å². The standard InChI is InChI=1S/C30H30F2N6O3/c1-30(2,3)41-29(39)36-20-9-11-38(12-10-20)28-27-26(34-16-35-27)24(17-7-8-23(40-4)22(32)13-17)25(37-28)18-5-6-19(15-33)21(31)14-18/h5-8,13-14,16,20H,9-12H2,1-4H3,(H,34,35)(H,36,39). The van der Waals surface area contributed by atoms with E-state index < -0.39 is 23.3 Å². The number of imidazole rings is 1. The van der Waals surface area contributed by atoms with E-state index >= 15 is 0 Å². The van der Waals surface area contributed by atoms with Gasteiger partial charge >= 0.3 is 6.09 Å². The quantitative estimate of drug-likeness (QED) is 0.310. The van der Waals surface area contributed by atoms with Crippen LogP contribution in [0.3, 0.4) is 0 Å². The third-order valence-corrected chi connectivity index (χ3v) is 6.87. The monoisotopic (exact) mass is 560 g/mol. The van der Waals surface area contributed by atoms with Crippen LogP contribution in [0.15, 0.2) is 42.7 Å². The number of ether oxygens (including phenoxy) is 2. The molecule has 0 radical (unpaired) electrons. The Morgan fingerprint density at radius 3 is 2.46 bits per heavy atom. The molecule has 2 aromatic carbocycles. The molecule has 0 aliphatic carbocycles. The summed E-state index contributed by atoms with van der Waals surface area (Å²) in [6.07, 6.45) is 2.40. The number of nitrogens with one attached hydrogen (secondary N) is 2. The molecule has 1 saturated heterocycles. The molecular formula is C30H30F2N6O3. The molecule has 5 rings (SSSR count). The predicted molar refractivity (Wildman–Crippen MR) is 151 cm³/mol. The first-order valence-corrected chi connectivity index (χ1v) is 13.2. The Kier molecular flexibility index (Phi) is 7.49. The molecule has 1 amide bonds. The second kappa shape index (κ2) is 11.0. The summed E-state index contributed by atoms with van der Waals surface area (Å²) in [5.41, 5.74) is 2.31. The van der Waals surface area contributed by atoms with Crippen LogP contribution in [0.2, 0.25) is 0 Å². The molecule has 9 nitrogen and oxygen atoms in total. The molecule has 0 unspecified atom stereocenters.